The van der Waals surface area contributed by atoms with Gasteiger partial charge in [0.25, 0.3) is 0 Å². The average Bonchev–Trinajstić information content (AvgIpc) is 2.77. The Bertz CT molecular complexity index is 413. The molecule has 0 spiro atoms. The van der Waals surface area contributed by atoms with Gasteiger partial charge in [-0.15, -0.1) is 0 Å². The van der Waals surface area contributed by atoms with E-state index in [1.807, 2.05) is 0 Å². The Morgan fingerprint density at radius 2 is 1.89 bits per heavy atom. The van der Waals surface area contributed by atoms with Crippen LogP contribution >= 0.6 is 0 Å². The summed E-state index contributed by atoms with van der Waals surface area (Å²) in [6, 6.07) is 9.07. The summed E-state index contributed by atoms with van der Waals surface area (Å²) in [5.41, 5.74) is 5.65. The van der Waals surface area contributed by atoms with Crippen molar-refractivity contribution in [3.05, 3.63) is 35.4 Å². The number of hydrazine groups is 1. The zero-order chi connectivity index (χ0) is 13.2. The van der Waals surface area contributed by atoms with Crippen molar-refractivity contribution in [1.82, 2.24) is 5.43 Å². The Morgan fingerprint density at radius 1 is 1.16 bits per heavy atom. The van der Waals surface area contributed by atoms with Crippen LogP contribution in [0.4, 0.5) is 0 Å². The van der Waals surface area contributed by atoms with Gasteiger partial charge in [-0.05, 0) is 49.7 Å². The van der Waals surface area contributed by atoms with E-state index in [0.717, 1.165) is 18.8 Å². The summed E-state index contributed by atoms with van der Waals surface area (Å²) in [5, 5.41) is 0. The fraction of sp³-hybridized carbons (Fsp3) is 0.625. The standard InChI is InChI=1S/C16H24N2O/c1-11-5-10-15(19-11)16(18-17)14-8-6-13(7-9-14)12-3-2-4-12/h6-9,11-12,15-16,18H,2-5,10,17H2,1H3. The minimum absolute atomic E-state index is 0.111. The second-order valence-corrected chi connectivity index (χ2v) is 6.00. The van der Waals surface area contributed by atoms with Gasteiger partial charge in [0.1, 0.15) is 0 Å². The van der Waals surface area contributed by atoms with Crippen LogP contribution < -0.4 is 11.3 Å². The number of benzene rings is 1. The number of nitrogens with one attached hydrogen (secondary N) is 1. The highest BCUT2D eigenvalue weighted by Crippen LogP contribution is 2.37. The number of hydrogen-bond acceptors (Lipinski definition) is 3. The lowest BCUT2D eigenvalue weighted by molar-refractivity contribution is 0.0316. The smallest absolute Gasteiger partial charge is 0.0787 e. The zero-order valence-electron chi connectivity index (χ0n) is 11.6. The van der Waals surface area contributed by atoms with E-state index >= 15 is 0 Å². The predicted octanol–water partition coefficient (Wildman–Crippen LogP) is 3.03. The third-order valence-corrected chi connectivity index (χ3v) is 4.69. The molecular weight excluding hydrogens is 236 g/mol. The lowest BCUT2D eigenvalue weighted by Gasteiger charge is -2.27. The van der Waals surface area contributed by atoms with Crippen molar-refractivity contribution in [2.45, 2.75) is 63.2 Å². The minimum Gasteiger partial charge on any atom is -0.373 e. The molecule has 3 unspecified atom stereocenters. The Hall–Kier alpha value is -0.900. The van der Waals surface area contributed by atoms with Gasteiger partial charge in [-0.25, -0.2) is 0 Å². The van der Waals surface area contributed by atoms with Crippen LogP contribution in [0.25, 0.3) is 0 Å². The summed E-state index contributed by atoms with van der Waals surface area (Å²) >= 11 is 0. The molecule has 3 heteroatoms. The lowest BCUT2D eigenvalue weighted by atomic mass is 9.79. The van der Waals surface area contributed by atoms with Crippen molar-refractivity contribution in [2.24, 2.45) is 5.84 Å². The van der Waals surface area contributed by atoms with Crippen LogP contribution in [0.5, 0.6) is 0 Å². The van der Waals surface area contributed by atoms with Crippen LogP contribution in [0.1, 0.15) is 62.1 Å². The molecule has 1 aromatic carbocycles. The lowest BCUT2D eigenvalue weighted by Crippen LogP contribution is -2.36. The molecule has 1 heterocycles. The summed E-state index contributed by atoms with van der Waals surface area (Å²) in [6.45, 7) is 2.13. The van der Waals surface area contributed by atoms with Gasteiger partial charge in [0.2, 0.25) is 0 Å². The quantitative estimate of drug-likeness (QED) is 0.646. The molecule has 1 aliphatic carbocycles. The molecule has 3 nitrogen and oxygen atoms in total. The first-order chi connectivity index (χ1) is 9.28. The normalized spacial score (nSPS) is 29.2. The van der Waals surface area contributed by atoms with Crippen LogP contribution in [-0.2, 0) is 4.74 Å². The van der Waals surface area contributed by atoms with Gasteiger partial charge in [-0.1, -0.05) is 30.7 Å². The molecule has 0 bridgehead atoms. The van der Waals surface area contributed by atoms with Crippen LogP contribution in [0.15, 0.2) is 24.3 Å². The van der Waals surface area contributed by atoms with Crippen molar-refractivity contribution in [3.63, 3.8) is 0 Å². The highest BCUT2D eigenvalue weighted by atomic mass is 16.5. The van der Waals surface area contributed by atoms with Gasteiger partial charge in [0.15, 0.2) is 0 Å². The number of rotatable bonds is 4. The SMILES string of the molecule is CC1CCC(C(NN)c2ccc(C3CCC3)cc2)O1. The van der Waals surface area contributed by atoms with Gasteiger partial charge in [0.05, 0.1) is 18.2 Å². The molecule has 0 amide bonds. The van der Waals surface area contributed by atoms with E-state index in [9.17, 15) is 0 Å². The van der Waals surface area contributed by atoms with Crippen molar-refractivity contribution in [3.8, 4) is 0 Å². The van der Waals surface area contributed by atoms with E-state index in [4.69, 9.17) is 10.6 Å². The summed E-state index contributed by atoms with van der Waals surface area (Å²) in [4.78, 5) is 0. The molecule has 3 atom stereocenters. The van der Waals surface area contributed by atoms with Crippen molar-refractivity contribution < 1.29 is 4.74 Å². The predicted molar refractivity (Wildman–Crippen MR) is 76.7 cm³/mol. The summed E-state index contributed by atoms with van der Waals surface area (Å²) in [5.74, 6) is 6.53. The molecule has 104 valence electrons. The van der Waals surface area contributed by atoms with E-state index in [1.165, 1.54) is 30.4 Å². The highest BCUT2D eigenvalue weighted by molar-refractivity contribution is 5.29. The van der Waals surface area contributed by atoms with Gasteiger partial charge >= 0.3 is 0 Å². The molecule has 1 saturated heterocycles. The zero-order valence-corrected chi connectivity index (χ0v) is 11.6. The maximum Gasteiger partial charge on any atom is 0.0787 e. The molecule has 19 heavy (non-hydrogen) atoms. The van der Waals surface area contributed by atoms with E-state index in [-0.39, 0.29) is 12.1 Å². The first kappa shape index (κ1) is 13.1. The minimum atomic E-state index is 0.111. The second kappa shape index (κ2) is 5.61. The first-order valence-corrected chi connectivity index (χ1v) is 7.49. The first-order valence-electron chi connectivity index (χ1n) is 7.49. The summed E-state index contributed by atoms with van der Waals surface area (Å²) in [6.07, 6.45) is 6.85. The molecule has 0 radical (unpaired) electrons. The number of hydrogen-bond donors (Lipinski definition) is 2. The molecule has 2 fully saturated rings. The molecule has 1 aliphatic heterocycles. The Labute approximate surface area is 115 Å². The average molecular weight is 260 g/mol. The molecule has 0 aromatic heterocycles. The summed E-state index contributed by atoms with van der Waals surface area (Å²) in [7, 11) is 0. The molecule has 3 rings (SSSR count). The highest BCUT2D eigenvalue weighted by Gasteiger charge is 2.30. The Morgan fingerprint density at radius 3 is 2.37 bits per heavy atom. The fourth-order valence-electron chi connectivity index (χ4n) is 3.21. The van der Waals surface area contributed by atoms with Crippen molar-refractivity contribution in [2.75, 3.05) is 0 Å². The van der Waals surface area contributed by atoms with Crippen LogP contribution in [0, 0.1) is 0 Å². The monoisotopic (exact) mass is 260 g/mol. The Kier molecular flexibility index (Phi) is 3.87. The third-order valence-electron chi connectivity index (χ3n) is 4.69. The molecule has 1 aromatic rings. The van der Waals surface area contributed by atoms with Crippen molar-refractivity contribution >= 4 is 0 Å². The summed E-state index contributed by atoms with van der Waals surface area (Å²) < 4.78 is 5.94. The third kappa shape index (κ3) is 2.69. The van der Waals surface area contributed by atoms with Gasteiger partial charge in [0, 0.05) is 0 Å². The van der Waals surface area contributed by atoms with Crippen LogP contribution in [0.3, 0.4) is 0 Å². The molecule has 3 N–H and O–H groups in total. The maximum atomic E-state index is 5.94. The van der Waals surface area contributed by atoms with Gasteiger partial charge in [-0.2, -0.15) is 0 Å². The largest absolute Gasteiger partial charge is 0.373 e. The van der Waals surface area contributed by atoms with E-state index in [2.05, 4.69) is 36.6 Å². The van der Waals surface area contributed by atoms with Crippen molar-refractivity contribution in [1.29, 1.82) is 0 Å². The van der Waals surface area contributed by atoms with Crippen LogP contribution in [-0.4, -0.2) is 12.2 Å². The fourth-order valence-corrected chi connectivity index (χ4v) is 3.21. The molecular formula is C16H24N2O. The Balaban J connectivity index is 1.71. The van der Waals surface area contributed by atoms with E-state index in [1.54, 1.807) is 0 Å². The van der Waals surface area contributed by atoms with E-state index < -0.39 is 0 Å². The topological polar surface area (TPSA) is 47.3 Å². The van der Waals surface area contributed by atoms with Gasteiger partial charge < -0.3 is 4.74 Å². The second-order valence-electron chi connectivity index (χ2n) is 6.00. The molecule has 2 aliphatic rings. The van der Waals surface area contributed by atoms with Gasteiger partial charge in [-0.3, -0.25) is 11.3 Å². The number of ether oxygens (including phenoxy) is 1. The maximum absolute atomic E-state index is 5.94. The van der Waals surface area contributed by atoms with E-state index in [0.29, 0.717) is 6.10 Å². The van der Waals surface area contributed by atoms with Crippen LogP contribution in [0.2, 0.25) is 0 Å². The number of nitrogens with two attached hydrogens (primary N) is 1. The molecule has 1 saturated carbocycles.